The summed E-state index contributed by atoms with van der Waals surface area (Å²) in [5.74, 6) is -0.290. The summed E-state index contributed by atoms with van der Waals surface area (Å²) in [5, 5.41) is 18.5. The number of amides is 1. The van der Waals surface area contributed by atoms with Crippen LogP contribution in [-0.4, -0.2) is 46.5 Å². The van der Waals surface area contributed by atoms with Crippen molar-refractivity contribution in [2.24, 2.45) is 11.7 Å². The highest BCUT2D eigenvalue weighted by molar-refractivity contribution is 6.43. The van der Waals surface area contributed by atoms with E-state index in [1.54, 1.807) is 4.90 Å². The van der Waals surface area contributed by atoms with Crippen molar-refractivity contribution >= 4 is 13.0 Å². The molecule has 96 valence electrons. The number of nitrogens with two attached hydrogens (primary N) is 1. The first-order valence-electron chi connectivity index (χ1n) is 6.53. The molecule has 17 heavy (non-hydrogen) atoms. The molecule has 0 aromatic rings. The van der Waals surface area contributed by atoms with Crippen LogP contribution in [0.4, 0.5) is 0 Å². The molecule has 2 rings (SSSR count). The van der Waals surface area contributed by atoms with E-state index < -0.39 is 19.1 Å². The zero-order valence-corrected chi connectivity index (χ0v) is 10.1. The van der Waals surface area contributed by atoms with Gasteiger partial charge in [0.1, 0.15) is 0 Å². The van der Waals surface area contributed by atoms with Gasteiger partial charge >= 0.3 is 7.12 Å². The smallest absolute Gasteiger partial charge is 0.426 e. The summed E-state index contributed by atoms with van der Waals surface area (Å²) in [4.78, 5) is 13.8. The van der Waals surface area contributed by atoms with Gasteiger partial charge in [-0.1, -0.05) is 12.8 Å². The lowest BCUT2D eigenvalue weighted by Gasteiger charge is -2.29. The molecule has 6 heteroatoms. The molecule has 0 spiro atoms. The van der Waals surface area contributed by atoms with Crippen molar-refractivity contribution in [3.05, 3.63) is 0 Å². The number of hydrogen-bond donors (Lipinski definition) is 3. The van der Waals surface area contributed by atoms with Crippen LogP contribution in [0, 0.1) is 5.92 Å². The second-order valence-electron chi connectivity index (χ2n) is 5.23. The first-order valence-corrected chi connectivity index (χ1v) is 6.53. The van der Waals surface area contributed by atoms with E-state index in [1.165, 1.54) is 0 Å². The standard InChI is InChI=1S/C11H21BN2O3/c13-10(8-4-1-2-5-8)11(15)14-7-3-6-9(14)12(16)17/h8-10,16-17H,1-7,13H2. The summed E-state index contributed by atoms with van der Waals surface area (Å²) in [6.45, 7) is 0.599. The van der Waals surface area contributed by atoms with Crippen molar-refractivity contribution in [1.29, 1.82) is 0 Å². The number of hydrogen-bond acceptors (Lipinski definition) is 4. The molecule has 1 heterocycles. The molecular weight excluding hydrogens is 219 g/mol. The molecule has 4 N–H and O–H groups in total. The molecule has 0 bridgehead atoms. The number of carbonyl (C=O) groups excluding carboxylic acids is 1. The van der Waals surface area contributed by atoms with Gasteiger partial charge < -0.3 is 20.7 Å². The normalized spacial score (nSPS) is 27.5. The van der Waals surface area contributed by atoms with Crippen molar-refractivity contribution in [2.75, 3.05) is 6.54 Å². The Hall–Kier alpha value is -0.585. The lowest BCUT2D eigenvalue weighted by Crippen LogP contribution is -2.53. The van der Waals surface area contributed by atoms with Crippen LogP contribution in [-0.2, 0) is 4.79 Å². The lowest BCUT2D eigenvalue weighted by molar-refractivity contribution is -0.133. The Bertz CT molecular complexity index is 282. The average Bonchev–Trinajstić information content (AvgIpc) is 2.97. The lowest BCUT2D eigenvalue weighted by atomic mass is 9.77. The highest BCUT2D eigenvalue weighted by Gasteiger charge is 2.40. The van der Waals surface area contributed by atoms with E-state index in [0.29, 0.717) is 13.0 Å². The van der Waals surface area contributed by atoms with Crippen molar-refractivity contribution in [1.82, 2.24) is 4.90 Å². The predicted molar refractivity (Wildman–Crippen MR) is 64.9 cm³/mol. The summed E-state index contributed by atoms with van der Waals surface area (Å²) in [6.07, 6.45) is 5.82. The fourth-order valence-corrected chi connectivity index (χ4v) is 3.09. The van der Waals surface area contributed by atoms with Crippen LogP contribution in [0.15, 0.2) is 0 Å². The van der Waals surface area contributed by atoms with Crippen molar-refractivity contribution < 1.29 is 14.8 Å². The SMILES string of the molecule is NC(C(=O)N1CCCC1B(O)O)C1CCCC1. The first-order chi connectivity index (χ1) is 8.11. The Kier molecular flexibility index (Phi) is 4.07. The number of rotatable bonds is 3. The van der Waals surface area contributed by atoms with Gasteiger partial charge in [0.25, 0.3) is 0 Å². The first kappa shape index (κ1) is 12.9. The Labute approximate surface area is 102 Å². The summed E-state index contributed by atoms with van der Waals surface area (Å²) in [5.41, 5.74) is 6.01. The van der Waals surface area contributed by atoms with Gasteiger partial charge in [0.15, 0.2) is 0 Å². The van der Waals surface area contributed by atoms with E-state index in [4.69, 9.17) is 5.73 Å². The zero-order chi connectivity index (χ0) is 12.4. The van der Waals surface area contributed by atoms with E-state index in [9.17, 15) is 14.8 Å². The fraction of sp³-hybridized carbons (Fsp3) is 0.909. The van der Waals surface area contributed by atoms with Gasteiger partial charge in [0.2, 0.25) is 5.91 Å². The van der Waals surface area contributed by atoms with Crippen LogP contribution in [0.25, 0.3) is 0 Å². The van der Waals surface area contributed by atoms with Crippen LogP contribution in [0.2, 0.25) is 0 Å². The van der Waals surface area contributed by atoms with E-state index in [2.05, 4.69) is 0 Å². The number of nitrogens with zero attached hydrogens (tertiary/aromatic N) is 1. The zero-order valence-electron chi connectivity index (χ0n) is 10.1. The van der Waals surface area contributed by atoms with Gasteiger partial charge in [-0.3, -0.25) is 4.79 Å². The summed E-state index contributed by atoms with van der Waals surface area (Å²) < 4.78 is 0. The van der Waals surface area contributed by atoms with Gasteiger partial charge in [0.05, 0.1) is 12.0 Å². The quantitative estimate of drug-likeness (QED) is 0.581. The molecule has 2 atom stereocenters. The molecule has 5 nitrogen and oxygen atoms in total. The van der Waals surface area contributed by atoms with E-state index >= 15 is 0 Å². The van der Waals surface area contributed by atoms with E-state index in [0.717, 1.165) is 32.1 Å². The van der Waals surface area contributed by atoms with Crippen LogP contribution < -0.4 is 5.73 Å². The predicted octanol–water partition coefficient (Wildman–Crippen LogP) is -0.493. The second kappa shape index (κ2) is 5.37. The van der Waals surface area contributed by atoms with Gasteiger partial charge in [-0.25, -0.2) is 0 Å². The molecule has 1 aliphatic carbocycles. The van der Waals surface area contributed by atoms with Gasteiger partial charge in [0, 0.05) is 6.54 Å². The van der Waals surface area contributed by atoms with Crippen molar-refractivity contribution in [3.8, 4) is 0 Å². The molecule has 1 amide bonds. The summed E-state index contributed by atoms with van der Waals surface area (Å²) >= 11 is 0. The average molecular weight is 240 g/mol. The third-order valence-corrected chi connectivity index (χ3v) is 4.12. The monoisotopic (exact) mass is 240 g/mol. The summed E-state index contributed by atoms with van der Waals surface area (Å²) in [7, 11) is -1.45. The molecule has 2 fully saturated rings. The minimum atomic E-state index is -1.45. The molecule has 0 aromatic carbocycles. The molecule has 0 aromatic heterocycles. The number of carbonyl (C=O) groups is 1. The van der Waals surface area contributed by atoms with E-state index in [-0.39, 0.29) is 11.8 Å². The molecule has 1 saturated carbocycles. The van der Waals surface area contributed by atoms with Crippen LogP contribution in [0.3, 0.4) is 0 Å². The van der Waals surface area contributed by atoms with Crippen molar-refractivity contribution in [2.45, 2.75) is 50.5 Å². The highest BCUT2D eigenvalue weighted by atomic mass is 16.4. The van der Waals surface area contributed by atoms with Gasteiger partial charge in [-0.15, -0.1) is 0 Å². The maximum absolute atomic E-state index is 12.2. The molecule has 2 aliphatic rings. The van der Waals surface area contributed by atoms with Crippen LogP contribution in [0.5, 0.6) is 0 Å². The largest absolute Gasteiger partial charge is 0.475 e. The van der Waals surface area contributed by atoms with Crippen molar-refractivity contribution in [3.63, 3.8) is 0 Å². The molecule has 1 saturated heterocycles. The Morgan fingerprint density at radius 3 is 2.47 bits per heavy atom. The van der Waals surface area contributed by atoms with E-state index in [1.807, 2.05) is 0 Å². The maximum atomic E-state index is 12.2. The van der Waals surface area contributed by atoms with Crippen LogP contribution in [0.1, 0.15) is 38.5 Å². The van der Waals surface area contributed by atoms with Crippen LogP contribution >= 0.6 is 0 Å². The molecular formula is C11H21BN2O3. The molecule has 2 unspecified atom stereocenters. The Morgan fingerprint density at radius 2 is 1.88 bits per heavy atom. The maximum Gasteiger partial charge on any atom is 0.475 e. The molecule has 0 radical (unpaired) electrons. The third-order valence-electron chi connectivity index (χ3n) is 4.12. The Morgan fingerprint density at radius 1 is 1.24 bits per heavy atom. The number of likely N-dealkylation sites (tertiary alicyclic amines) is 1. The fourth-order valence-electron chi connectivity index (χ4n) is 3.09. The third kappa shape index (κ3) is 2.64. The Balaban J connectivity index is 1.98. The highest BCUT2D eigenvalue weighted by Crippen LogP contribution is 2.29. The van der Waals surface area contributed by atoms with Gasteiger partial charge in [-0.2, -0.15) is 0 Å². The van der Waals surface area contributed by atoms with Gasteiger partial charge in [-0.05, 0) is 31.6 Å². The second-order valence-corrected chi connectivity index (χ2v) is 5.23. The topological polar surface area (TPSA) is 86.8 Å². The minimum Gasteiger partial charge on any atom is -0.426 e. The molecule has 1 aliphatic heterocycles. The summed E-state index contributed by atoms with van der Waals surface area (Å²) in [6, 6.07) is -0.461. The minimum absolute atomic E-state index is 0.104.